The van der Waals surface area contributed by atoms with Gasteiger partial charge in [-0.05, 0) is 37.2 Å². The van der Waals surface area contributed by atoms with Crippen LogP contribution in [0.1, 0.15) is 51.0 Å². The normalized spacial score (nSPS) is 22.2. The van der Waals surface area contributed by atoms with Crippen LogP contribution in [0.4, 0.5) is 17.6 Å². The third-order valence-electron chi connectivity index (χ3n) is 4.01. The molecule has 1 aliphatic rings. The van der Waals surface area contributed by atoms with E-state index in [1.54, 1.807) is 0 Å². The number of ether oxygens (including phenoxy) is 1. The fraction of sp³-hybridized carbons (Fsp3) is 0.625. The van der Waals surface area contributed by atoms with Gasteiger partial charge in [-0.2, -0.15) is 20.9 Å². The number of alkyl halides is 2. The van der Waals surface area contributed by atoms with Gasteiger partial charge in [0, 0.05) is 5.82 Å². The van der Waals surface area contributed by atoms with Crippen LogP contribution in [0, 0.1) is 23.6 Å². The zero-order valence-corrected chi connectivity index (χ0v) is 13.0. The molecule has 0 atom stereocenters. The third-order valence-corrected chi connectivity index (χ3v) is 4.01. The first-order valence-electron chi connectivity index (χ1n) is 7.35. The van der Waals surface area contributed by atoms with Crippen molar-refractivity contribution in [2.45, 2.75) is 57.7 Å². The van der Waals surface area contributed by atoms with E-state index in [1.165, 1.54) is 0 Å². The van der Waals surface area contributed by atoms with Gasteiger partial charge in [-0.25, -0.2) is 4.39 Å². The van der Waals surface area contributed by atoms with Gasteiger partial charge in [0.1, 0.15) is 0 Å². The molecule has 0 unspecified atom stereocenters. The van der Waals surface area contributed by atoms with Gasteiger partial charge in [-0.15, -0.1) is 6.07 Å². The first-order valence-corrected chi connectivity index (χ1v) is 7.35. The molecule has 0 aliphatic heterocycles. The zero-order valence-electron chi connectivity index (χ0n) is 13.0. The van der Waals surface area contributed by atoms with Crippen LogP contribution in [0.3, 0.4) is 0 Å². The van der Waals surface area contributed by atoms with E-state index in [-0.39, 0.29) is 18.9 Å². The quantitative estimate of drug-likeness (QED) is 0.460. The summed E-state index contributed by atoms with van der Waals surface area (Å²) in [7, 11) is 0. The second-order valence-corrected chi connectivity index (χ2v) is 5.59. The Bertz CT molecular complexity index is 473. The summed E-state index contributed by atoms with van der Waals surface area (Å²) in [6.45, 7) is 2.10. The summed E-state index contributed by atoms with van der Waals surface area (Å²) < 4.78 is 59.2. The van der Waals surface area contributed by atoms with Gasteiger partial charge in [0.2, 0.25) is 0 Å². The molecule has 22 heavy (non-hydrogen) atoms. The van der Waals surface area contributed by atoms with Crippen LogP contribution in [-0.4, -0.2) is 6.10 Å². The van der Waals surface area contributed by atoms with Crippen molar-refractivity contribution >= 4 is 0 Å². The molecule has 1 aromatic rings. The Balaban J connectivity index is 0.00000242. The molecule has 0 bridgehead atoms. The van der Waals surface area contributed by atoms with Crippen LogP contribution in [0.5, 0.6) is 0 Å². The van der Waals surface area contributed by atoms with Crippen LogP contribution in [0.15, 0.2) is 12.1 Å². The van der Waals surface area contributed by atoms with Gasteiger partial charge in [0.25, 0.3) is 0 Å². The van der Waals surface area contributed by atoms with Gasteiger partial charge < -0.3 is 4.74 Å². The Hall–Kier alpha value is -0.503. The molecular formula is C16H19F4LiO. The maximum atomic E-state index is 14.0. The summed E-state index contributed by atoms with van der Waals surface area (Å²) in [5.74, 6) is -2.45. The standard InChI is InChI=1S/C16H19F4O.Li/c1-2-4-11-7-9-12(10-8-11)21-16(19,20)13-5-3-6-14(17)15(13)18;/h3,5,11-12H,2,4,7-10H2,1H3;/q-1;+1. The Morgan fingerprint density at radius 1 is 1.23 bits per heavy atom. The van der Waals surface area contributed by atoms with Crippen LogP contribution >= 0.6 is 0 Å². The largest absolute Gasteiger partial charge is 1.00 e. The minimum atomic E-state index is -3.82. The third kappa shape index (κ3) is 4.74. The fourth-order valence-corrected chi connectivity index (χ4v) is 2.90. The van der Waals surface area contributed by atoms with Crippen molar-refractivity contribution in [1.82, 2.24) is 0 Å². The summed E-state index contributed by atoms with van der Waals surface area (Å²) in [5.41, 5.74) is -1.06. The fourth-order valence-electron chi connectivity index (χ4n) is 2.90. The molecule has 0 N–H and O–H groups in total. The molecule has 1 aromatic carbocycles. The molecule has 1 saturated carbocycles. The van der Waals surface area contributed by atoms with Gasteiger partial charge in [-0.3, -0.25) is 4.39 Å². The molecule has 6 heteroatoms. The van der Waals surface area contributed by atoms with Crippen LogP contribution in [-0.2, 0) is 10.8 Å². The molecule has 0 radical (unpaired) electrons. The second-order valence-electron chi connectivity index (χ2n) is 5.59. The maximum absolute atomic E-state index is 14.0. The van der Waals surface area contributed by atoms with E-state index in [2.05, 4.69) is 6.92 Å². The van der Waals surface area contributed by atoms with Crippen molar-refractivity contribution in [3.05, 3.63) is 35.4 Å². The molecule has 2 rings (SSSR count). The minimum absolute atomic E-state index is 0. The van der Waals surface area contributed by atoms with E-state index < -0.39 is 29.4 Å². The van der Waals surface area contributed by atoms with Crippen LogP contribution < -0.4 is 18.9 Å². The van der Waals surface area contributed by atoms with E-state index in [9.17, 15) is 17.6 Å². The van der Waals surface area contributed by atoms with Gasteiger partial charge in [-0.1, -0.05) is 19.8 Å². The maximum Gasteiger partial charge on any atom is 1.00 e. The van der Waals surface area contributed by atoms with E-state index in [0.29, 0.717) is 18.8 Å². The van der Waals surface area contributed by atoms with Gasteiger partial charge in [0.15, 0.2) is 0 Å². The predicted molar refractivity (Wildman–Crippen MR) is 70.8 cm³/mol. The first kappa shape index (κ1) is 19.5. The summed E-state index contributed by atoms with van der Waals surface area (Å²) in [6.07, 6.45) is 0.492. The number of rotatable bonds is 5. The molecular weight excluding hydrogens is 291 g/mol. The Labute approximate surface area is 140 Å². The zero-order chi connectivity index (χ0) is 15.5. The number of benzene rings is 1. The van der Waals surface area contributed by atoms with Crippen molar-refractivity contribution in [1.29, 1.82) is 0 Å². The second kappa shape index (κ2) is 8.38. The summed E-state index contributed by atoms with van der Waals surface area (Å²) in [6, 6.07) is 3.65. The average molecular weight is 310 g/mol. The van der Waals surface area contributed by atoms with Crippen molar-refractivity contribution in [2.75, 3.05) is 0 Å². The smallest absolute Gasteiger partial charge is 0.315 e. The van der Waals surface area contributed by atoms with E-state index in [1.807, 2.05) is 6.07 Å². The van der Waals surface area contributed by atoms with E-state index in [0.717, 1.165) is 37.8 Å². The summed E-state index contributed by atoms with van der Waals surface area (Å²) >= 11 is 0. The molecule has 1 fully saturated rings. The first-order chi connectivity index (χ1) is 9.94. The van der Waals surface area contributed by atoms with Gasteiger partial charge >= 0.3 is 25.0 Å². The topological polar surface area (TPSA) is 9.23 Å². The van der Waals surface area contributed by atoms with E-state index >= 15 is 0 Å². The summed E-state index contributed by atoms with van der Waals surface area (Å²) in [5, 5.41) is 0. The predicted octanol–water partition coefficient (Wildman–Crippen LogP) is 2.19. The molecule has 0 saturated heterocycles. The van der Waals surface area contributed by atoms with Crippen molar-refractivity contribution in [2.24, 2.45) is 5.92 Å². The SMILES string of the molecule is CCCC1CCC(OC(F)(F)c2cc[c-]c(F)c2F)CC1.[Li+]. The monoisotopic (exact) mass is 310 g/mol. The minimum Gasteiger partial charge on any atom is -0.315 e. The van der Waals surface area contributed by atoms with Crippen LogP contribution in [0.25, 0.3) is 0 Å². The van der Waals surface area contributed by atoms with Crippen molar-refractivity contribution in [3.63, 3.8) is 0 Å². The van der Waals surface area contributed by atoms with Crippen LogP contribution in [0.2, 0.25) is 0 Å². The average Bonchev–Trinajstić information content (AvgIpc) is 2.44. The molecule has 0 heterocycles. The van der Waals surface area contributed by atoms with Crippen molar-refractivity contribution < 1.29 is 41.2 Å². The molecule has 0 aromatic heterocycles. The number of hydrogen-bond donors (Lipinski definition) is 0. The molecule has 0 spiro atoms. The van der Waals surface area contributed by atoms with Crippen molar-refractivity contribution in [3.8, 4) is 0 Å². The number of hydrogen-bond acceptors (Lipinski definition) is 1. The van der Waals surface area contributed by atoms with Gasteiger partial charge in [0.05, 0.1) is 11.9 Å². The molecule has 1 aliphatic carbocycles. The number of halogens is 4. The summed E-state index contributed by atoms with van der Waals surface area (Å²) in [4.78, 5) is 0. The Morgan fingerprint density at radius 3 is 2.45 bits per heavy atom. The van der Waals surface area contributed by atoms with E-state index in [4.69, 9.17) is 4.74 Å². The molecule has 1 nitrogen and oxygen atoms in total. The molecule has 118 valence electrons. The Morgan fingerprint density at radius 2 is 1.86 bits per heavy atom. The molecule has 0 amide bonds. The Kier molecular flexibility index (Phi) is 7.44.